The molecule has 0 aromatic carbocycles. The lowest BCUT2D eigenvalue weighted by Crippen LogP contribution is -2.12. The van der Waals surface area contributed by atoms with Crippen molar-refractivity contribution in [2.45, 2.75) is 26.2 Å². The van der Waals surface area contributed by atoms with Gasteiger partial charge in [-0.3, -0.25) is 4.79 Å². The Morgan fingerprint density at radius 2 is 2.46 bits per heavy atom. The van der Waals surface area contributed by atoms with E-state index in [9.17, 15) is 4.79 Å². The van der Waals surface area contributed by atoms with Crippen LogP contribution in [0.2, 0.25) is 0 Å². The van der Waals surface area contributed by atoms with Crippen LogP contribution < -0.4 is 0 Å². The molecule has 0 aliphatic carbocycles. The van der Waals surface area contributed by atoms with Crippen molar-refractivity contribution in [3.05, 3.63) is 17.5 Å². The molecule has 4 nitrogen and oxygen atoms in total. The van der Waals surface area contributed by atoms with Crippen molar-refractivity contribution in [3.8, 4) is 0 Å². The first-order valence-electron chi connectivity index (χ1n) is 4.20. The van der Waals surface area contributed by atoms with Crippen LogP contribution in [0.5, 0.6) is 0 Å². The Hall–Kier alpha value is -1.32. The largest absolute Gasteiger partial charge is 0.468 e. The Morgan fingerprint density at radius 1 is 1.77 bits per heavy atom. The van der Waals surface area contributed by atoms with Crippen molar-refractivity contribution in [1.82, 2.24) is 5.16 Å². The van der Waals surface area contributed by atoms with Crippen molar-refractivity contribution in [2.24, 2.45) is 0 Å². The van der Waals surface area contributed by atoms with E-state index in [1.54, 1.807) is 6.07 Å². The SMILES string of the molecule is CCC(C(=O)OC)c1cc(C)no1. The summed E-state index contributed by atoms with van der Waals surface area (Å²) >= 11 is 0. The van der Waals surface area contributed by atoms with Crippen LogP contribution in [0.3, 0.4) is 0 Å². The molecule has 4 heteroatoms. The average molecular weight is 183 g/mol. The van der Waals surface area contributed by atoms with E-state index in [0.717, 1.165) is 5.69 Å². The highest BCUT2D eigenvalue weighted by molar-refractivity contribution is 5.77. The number of nitrogens with zero attached hydrogens (tertiary/aromatic N) is 1. The normalized spacial score (nSPS) is 12.5. The Labute approximate surface area is 76.9 Å². The monoisotopic (exact) mass is 183 g/mol. The maximum absolute atomic E-state index is 11.2. The zero-order valence-corrected chi connectivity index (χ0v) is 8.03. The minimum absolute atomic E-state index is 0.279. The molecule has 0 bridgehead atoms. The molecule has 0 saturated heterocycles. The lowest BCUT2D eigenvalue weighted by atomic mass is 10.0. The second-order valence-corrected chi connectivity index (χ2v) is 2.85. The number of carbonyl (C=O) groups is 1. The maximum atomic E-state index is 11.2. The smallest absolute Gasteiger partial charge is 0.316 e. The van der Waals surface area contributed by atoms with Crippen molar-refractivity contribution in [1.29, 1.82) is 0 Å². The maximum Gasteiger partial charge on any atom is 0.316 e. The number of rotatable bonds is 3. The van der Waals surface area contributed by atoms with Crippen molar-refractivity contribution >= 4 is 5.97 Å². The number of esters is 1. The van der Waals surface area contributed by atoms with Gasteiger partial charge in [-0.1, -0.05) is 12.1 Å². The van der Waals surface area contributed by atoms with Crippen LogP contribution in [0.1, 0.15) is 30.7 Å². The number of aromatic nitrogens is 1. The van der Waals surface area contributed by atoms with Crippen molar-refractivity contribution in [2.75, 3.05) is 7.11 Å². The van der Waals surface area contributed by atoms with Gasteiger partial charge in [0.05, 0.1) is 12.8 Å². The van der Waals surface area contributed by atoms with Gasteiger partial charge in [0.1, 0.15) is 5.92 Å². The standard InChI is InChI=1S/C9H13NO3/c1-4-7(9(11)12-3)8-5-6(2)10-13-8/h5,7H,4H2,1-3H3. The highest BCUT2D eigenvalue weighted by Gasteiger charge is 2.23. The highest BCUT2D eigenvalue weighted by atomic mass is 16.5. The van der Waals surface area contributed by atoms with Crippen molar-refractivity contribution < 1.29 is 14.1 Å². The van der Waals surface area contributed by atoms with Gasteiger partial charge < -0.3 is 9.26 Å². The molecule has 0 amide bonds. The molecule has 1 atom stereocenters. The second-order valence-electron chi connectivity index (χ2n) is 2.85. The summed E-state index contributed by atoms with van der Waals surface area (Å²) < 4.78 is 9.63. The summed E-state index contributed by atoms with van der Waals surface area (Å²) in [6.45, 7) is 3.72. The Morgan fingerprint density at radius 3 is 2.85 bits per heavy atom. The van der Waals surface area contributed by atoms with E-state index in [0.29, 0.717) is 12.2 Å². The molecule has 1 heterocycles. The fraction of sp³-hybridized carbons (Fsp3) is 0.556. The molecule has 1 rings (SSSR count). The quantitative estimate of drug-likeness (QED) is 0.668. The molecule has 1 aromatic rings. The van der Waals surface area contributed by atoms with Gasteiger partial charge in [-0.2, -0.15) is 0 Å². The van der Waals surface area contributed by atoms with Crippen LogP contribution >= 0.6 is 0 Å². The van der Waals surface area contributed by atoms with Crippen LogP contribution in [0.4, 0.5) is 0 Å². The molecule has 13 heavy (non-hydrogen) atoms. The van der Waals surface area contributed by atoms with Gasteiger partial charge in [-0.15, -0.1) is 0 Å². The molecule has 1 unspecified atom stereocenters. The van der Waals surface area contributed by atoms with Crippen LogP contribution in [0.25, 0.3) is 0 Å². The zero-order chi connectivity index (χ0) is 9.84. The minimum atomic E-state index is -0.328. The van der Waals surface area contributed by atoms with Gasteiger partial charge >= 0.3 is 5.97 Å². The Bertz CT molecular complexity index is 293. The topological polar surface area (TPSA) is 52.3 Å². The van der Waals surface area contributed by atoms with E-state index in [2.05, 4.69) is 9.89 Å². The summed E-state index contributed by atoms with van der Waals surface area (Å²) in [4.78, 5) is 11.2. The van der Waals surface area contributed by atoms with Gasteiger partial charge in [0.15, 0.2) is 5.76 Å². The summed E-state index contributed by atoms with van der Waals surface area (Å²) in [6, 6.07) is 1.76. The highest BCUT2D eigenvalue weighted by Crippen LogP contribution is 2.21. The first-order valence-corrected chi connectivity index (χ1v) is 4.20. The first-order chi connectivity index (χ1) is 6.19. The molecule has 72 valence electrons. The first kappa shape index (κ1) is 9.77. The molecule has 0 spiro atoms. The summed E-state index contributed by atoms with van der Waals surface area (Å²) in [5.41, 5.74) is 0.775. The van der Waals surface area contributed by atoms with E-state index in [1.807, 2.05) is 13.8 Å². The fourth-order valence-electron chi connectivity index (χ4n) is 1.17. The lowest BCUT2D eigenvalue weighted by molar-refractivity contribution is -0.143. The molecule has 0 N–H and O–H groups in total. The average Bonchev–Trinajstić information content (AvgIpc) is 2.53. The number of ether oxygens (including phenoxy) is 1. The molecule has 0 aliphatic rings. The molecular weight excluding hydrogens is 170 g/mol. The van der Waals surface area contributed by atoms with Gasteiger partial charge in [0.2, 0.25) is 0 Å². The fourth-order valence-corrected chi connectivity index (χ4v) is 1.17. The van der Waals surface area contributed by atoms with Crippen molar-refractivity contribution in [3.63, 3.8) is 0 Å². The third kappa shape index (κ3) is 2.08. The van der Waals surface area contributed by atoms with Gasteiger partial charge in [0.25, 0.3) is 0 Å². The van der Waals surface area contributed by atoms with Gasteiger partial charge in [-0.25, -0.2) is 0 Å². The lowest BCUT2D eigenvalue weighted by Gasteiger charge is -2.07. The van der Waals surface area contributed by atoms with Gasteiger partial charge in [0, 0.05) is 6.07 Å². The predicted molar refractivity (Wildman–Crippen MR) is 46.3 cm³/mol. The predicted octanol–water partition coefficient (Wildman–Crippen LogP) is 1.65. The third-order valence-electron chi connectivity index (χ3n) is 1.88. The Kier molecular flexibility index (Phi) is 3.06. The molecule has 0 fully saturated rings. The van der Waals surface area contributed by atoms with Gasteiger partial charge in [-0.05, 0) is 13.3 Å². The van der Waals surface area contributed by atoms with Crippen LogP contribution in [-0.4, -0.2) is 18.2 Å². The molecular formula is C9H13NO3. The summed E-state index contributed by atoms with van der Waals surface area (Å²) in [5.74, 6) is -0.0308. The third-order valence-corrected chi connectivity index (χ3v) is 1.88. The second kappa shape index (κ2) is 4.07. The zero-order valence-electron chi connectivity index (χ0n) is 8.03. The number of aryl methyl sites for hydroxylation is 1. The minimum Gasteiger partial charge on any atom is -0.468 e. The molecule has 1 aromatic heterocycles. The van der Waals surface area contributed by atoms with Crippen LogP contribution in [0, 0.1) is 6.92 Å². The number of carbonyl (C=O) groups excluding carboxylic acids is 1. The summed E-state index contributed by atoms with van der Waals surface area (Å²) in [5, 5.41) is 3.72. The molecule has 0 saturated carbocycles. The van der Waals surface area contributed by atoms with Crippen LogP contribution in [0.15, 0.2) is 10.6 Å². The molecule has 0 radical (unpaired) electrons. The summed E-state index contributed by atoms with van der Waals surface area (Å²) in [7, 11) is 1.37. The number of hydrogen-bond donors (Lipinski definition) is 0. The van der Waals surface area contributed by atoms with E-state index >= 15 is 0 Å². The number of methoxy groups -OCH3 is 1. The summed E-state index contributed by atoms with van der Waals surface area (Å²) in [6.07, 6.45) is 0.654. The number of hydrogen-bond acceptors (Lipinski definition) is 4. The van der Waals surface area contributed by atoms with E-state index < -0.39 is 0 Å². The van der Waals surface area contributed by atoms with E-state index in [1.165, 1.54) is 7.11 Å². The van der Waals surface area contributed by atoms with E-state index in [-0.39, 0.29) is 11.9 Å². The molecule has 0 aliphatic heterocycles. The Balaban J connectivity index is 2.84. The van der Waals surface area contributed by atoms with Crippen LogP contribution in [-0.2, 0) is 9.53 Å². The van der Waals surface area contributed by atoms with E-state index in [4.69, 9.17) is 4.52 Å².